The highest BCUT2D eigenvalue weighted by atomic mass is 16.7. The second kappa shape index (κ2) is 20.9. The summed E-state index contributed by atoms with van der Waals surface area (Å²) in [5, 5.41) is 0. The van der Waals surface area contributed by atoms with Gasteiger partial charge in [-0.3, -0.25) is 14.4 Å². The number of carbonyl (C=O) groups is 3. The van der Waals surface area contributed by atoms with Gasteiger partial charge in [0.2, 0.25) is 0 Å². The van der Waals surface area contributed by atoms with Crippen LogP contribution in [0, 0.1) is 41.4 Å². The average molecular weight is 429 g/mol. The number of unbranched alkanes of at least 4 members (excludes halogenated alkanes) is 3. The van der Waals surface area contributed by atoms with E-state index in [1.165, 1.54) is 0 Å². The number of rotatable bonds is 15. The fourth-order valence-electron chi connectivity index (χ4n) is 2.97. The molecule has 0 spiro atoms. The first-order valence-electron chi connectivity index (χ1n) is 11.3. The van der Waals surface area contributed by atoms with Gasteiger partial charge in [-0.2, -0.15) is 0 Å². The summed E-state index contributed by atoms with van der Waals surface area (Å²) in [6, 6.07) is 0. The maximum Gasteiger partial charge on any atom is 0.192 e. The fraction of sp³-hybridized carbons (Fsp3) is 0.654. The molecule has 0 saturated heterocycles. The zero-order valence-electron chi connectivity index (χ0n) is 19.2. The van der Waals surface area contributed by atoms with Crippen molar-refractivity contribution in [3.05, 3.63) is 0 Å². The third-order valence-electron chi connectivity index (χ3n) is 4.61. The van der Waals surface area contributed by atoms with Crippen LogP contribution in [0.1, 0.15) is 85.0 Å². The van der Waals surface area contributed by atoms with Crippen LogP contribution in [0.25, 0.3) is 0 Å². The van der Waals surface area contributed by atoms with Crippen molar-refractivity contribution >= 4 is 18.9 Å². The fourth-order valence-corrected chi connectivity index (χ4v) is 2.97. The number of aldehydes is 3. The van der Waals surface area contributed by atoms with E-state index in [4.69, 9.17) is 9.47 Å². The normalized spacial score (nSPS) is 13.6. The van der Waals surface area contributed by atoms with E-state index in [-0.39, 0.29) is 5.92 Å². The van der Waals surface area contributed by atoms with Crippen LogP contribution in [-0.4, -0.2) is 37.4 Å². The summed E-state index contributed by atoms with van der Waals surface area (Å²) in [6.45, 7) is 6.24. The molecule has 5 heteroatoms. The van der Waals surface area contributed by atoms with Gasteiger partial charge in [0.05, 0.1) is 0 Å². The van der Waals surface area contributed by atoms with Crippen molar-refractivity contribution in [2.45, 2.75) is 103 Å². The Kier molecular flexibility index (Phi) is 19.3. The third kappa shape index (κ3) is 16.0. The predicted octanol–water partition coefficient (Wildman–Crippen LogP) is 4.27. The lowest BCUT2D eigenvalue weighted by molar-refractivity contribution is -0.181. The molecule has 0 aliphatic rings. The lowest BCUT2D eigenvalue weighted by Crippen LogP contribution is -2.30. The van der Waals surface area contributed by atoms with Crippen molar-refractivity contribution < 1.29 is 23.9 Å². The number of carbonyl (C=O) groups excluding carboxylic acids is 3. The van der Waals surface area contributed by atoms with Crippen molar-refractivity contribution in [2.24, 2.45) is 5.92 Å². The molecular weight excluding hydrogens is 392 g/mol. The highest BCUT2D eigenvalue weighted by Gasteiger charge is 2.23. The van der Waals surface area contributed by atoms with E-state index in [0.29, 0.717) is 38.1 Å². The minimum absolute atomic E-state index is 0.0770. The van der Waals surface area contributed by atoms with Gasteiger partial charge in [0.1, 0.15) is 12.2 Å². The molecule has 31 heavy (non-hydrogen) atoms. The molecule has 0 amide bonds. The number of ether oxygens (including phenoxy) is 2. The van der Waals surface area contributed by atoms with Crippen molar-refractivity contribution in [1.82, 2.24) is 0 Å². The molecule has 0 saturated carbocycles. The van der Waals surface area contributed by atoms with Gasteiger partial charge in [0, 0.05) is 12.3 Å². The summed E-state index contributed by atoms with van der Waals surface area (Å²) in [6.07, 6.45) is 8.50. The molecule has 0 heterocycles. The van der Waals surface area contributed by atoms with Crippen LogP contribution < -0.4 is 0 Å². The largest absolute Gasteiger partial charge is 0.337 e. The first-order valence-corrected chi connectivity index (χ1v) is 11.3. The molecule has 170 valence electrons. The molecule has 0 aliphatic heterocycles. The van der Waals surface area contributed by atoms with Gasteiger partial charge in [-0.15, -0.1) is 0 Å². The van der Waals surface area contributed by atoms with E-state index in [1.54, 1.807) is 0 Å². The Morgan fingerprint density at radius 2 is 1.06 bits per heavy atom. The van der Waals surface area contributed by atoms with Gasteiger partial charge < -0.3 is 9.47 Å². The van der Waals surface area contributed by atoms with E-state index in [0.717, 1.165) is 44.9 Å². The Morgan fingerprint density at radius 1 is 0.645 bits per heavy atom. The standard InChI is InChI=1S/C26H36O5/c1-4-7-13-23(14-10-19-27)22-26(30-24(15-8-5-2)17-11-20-28)31-25(16-9-6-3)18-12-21-29/h19-21,23-26H,4-9,13,15-16,22H2,1-3H3. The highest BCUT2D eigenvalue weighted by Crippen LogP contribution is 2.21. The van der Waals surface area contributed by atoms with Crippen LogP contribution in [0.15, 0.2) is 0 Å². The van der Waals surface area contributed by atoms with E-state index in [1.807, 2.05) is 0 Å². The number of hydrogen-bond donors (Lipinski definition) is 0. The molecule has 0 fully saturated rings. The maximum absolute atomic E-state index is 10.8. The quantitative estimate of drug-likeness (QED) is 0.221. The Bertz CT molecular complexity index is 585. The highest BCUT2D eigenvalue weighted by molar-refractivity contribution is 5.73. The first-order chi connectivity index (χ1) is 15.1. The SMILES string of the molecule is CCCCC(C#CC=O)CC(OC(C#CC=O)CCCC)OC(C#CC=O)CCCC. The molecule has 0 bridgehead atoms. The van der Waals surface area contributed by atoms with Crippen LogP contribution in [0.5, 0.6) is 0 Å². The molecule has 0 aliphatic carbocycles. The lowest BCUT2D eigenvalue weighted by atomic mass is 9.98. The molecule has 0 aromatic heterocycles. The Hall–Kier alpha value is -2.39. The molecule has 3 atom stereocenters. The summed E-state index contributed by atoms with van der Waals surface area (Å²) >= 11 is 0. The Morgan fingerprint density at radius 3 is 1.48 bits per heavy atom. The predicted molar refractivity (Wildman–Crippen MR) is 122 cm³/mol. The molecule has 0 radical (unpaired) electrons. The van der Waals surface area contributed by atoms with Crippen LogP contribution >= 0.6 is 0 Å². The van der Waals surface area contributed by atoms with Gasteiger partial charge in [-0.05, 0) is 37.0 Å². The van der Waals surface area contributed by atoms with Crippen LogP contribution in [0.3, 0.4) is 0 Å². The molecule has 0 rings (SSSR count). The molecule has 0 N–H and O–H groups in total. The summed E-state index contributed by atoms with van der Waals surface area (Å²) in [5.41, 5.74) is 0. The maximum atomic E-state index is 10.8. The van der Waals surface area contributed by atoms with Crippen molar-refractivity contribution in [1.29, 1.82) is 0 Å². The average Bonchev–Trinajstić information content (AvgIpc) is 2.78. The van der Waals surface area contributed by atoms with Gasteiger partial charge in [-0.1, -0.05) is 77.1 Å². The van der Waals surface area contributed by atoms with Crippen LogP contribution in [0.4, 0.5) is 0 Å². The molecule has 5 nitrogen and oxygen atoms in total. The van der Waals surface area contributed by atoms with Gasteiger partial charge in [-0.25, -0.2) is 0 Å². The molecule has 0 aromatic rings. The minimum Gasteiger partial charge on any atom is -0.337 e. The topological polar surface area (TPSA) is 69.7 Å². The van der Waals surface area contributed by atoms with Crippen molar-refractivity contribution in [3.8, 4) is 35.5 Å². The monoisotopic (exact) mass is 428 g/mol. The van der Waals surface area contributed by atoms with E-state index in [2.05, 4.69) is 56.3 Å². The van der Waals surface area contributed by atoms with Crippen molar-refractivity contribution in [2.75, 3.05) is 0 Å². The molecule has 3 unspecified atom stereocenters. The smallest absolute Gasteiger partial charge is 0.192 e. The summed E-state index contributed by atoms with van der Waals surface area (Å²) in [4.78, 5) is 32.2. The van der Waals surface area contributed by atoms with E-state index in [9.17, 15) is 14.4 Å². The summed E-state index contributed by atoms with van der Waals surface area (Å²) < 4.78 is 12.3. The third-order valence-corrected chi connectivity index (χ3v) is 4.61. The zero-order valence-corrected chi connectivity index (χ0v) is 19.2. The Balaban J connectivity index is 5.66. The Labute approximate surface area is 188 Å². The second-order valence-corrected chi connectivity index (χ2v) is 7.26. The second-order valence-electron chi connectivity index (χ2n) is 7.26. The van der Waals surface area contributed by atoms with Crippen LogP contribution in [-0.2, 0) is 23.9 Å². The van der Waals surface area contributed by atoms with Gasteiger partial charge >= 0.3 is 0 Å². The lowest BCUT2D eigenvalue weighted by Gasteiger charge is -2.27. The van der Waals surface area contributed by atoms with Gasteiger partial charge in [0.15, 0.2) is 25.1 Å². The van der Waals surface area contributed by atoms with Crippen LogP contribution in [0.2, 0.25) is 0 Å². The molecule has 0 aromatic carbocycles. The molecular formula is C26H36O5. The summed E-state index contributed by atoms with van der Waals surface area (Å²) in [7, 11) is 0. The minimum atomic E-state index is -0.659. The zero-order chi connectivity index (χ0) is 23.2. The van der Waals surface area contributed by atoms with Gasteiger partial charge in [0.25, 0.3) is 0 Å². The first kappa shape index (κ1) is 28.6. The number of hydrogen-bond acceptors (Lipinski definition) is 5. The van der Waals surface area contributed by atoms with E-state index >= 15 is 0 Å². The van der Waals surface area contributed by atoms with E-state index < -0.39 is 18.5 Å². The van der Waals surface area contributed by atoms with Crippen molar-refractivity contribution in [3.63, 3.8) is 0 Å². The summed E-state index contributed by atoms with van der Waals surface area (Å²) in [5.74, 6) is 16.0.